The van der Waals surface area contributed by atoms with Gasteiger partial charge in [0, 0.05) is 16.3 Å². The molecule has 1 aromatic heterocycles. The summed E-state index contributed by atoms with van der Waals surface area (Å²) in [6.07, 6.45) is 0. The zero-order valence-electron chi connectivity index (χ0n) is 13.9. The van der Waals surface area contributed by atoms with E-state index in [1.807, 2.05) is 61.5 Å². The van der Waals surface area contributed by atoms with Crippen molar-refractivity contribution in [3.63, 3.8) is 0 Å². The quantitative estimate of drug-likeness (QED) is 0.511. The predicted octanol–water partition coefficient (Wildman–Crippen LogP) is 5.30. The molecular weight excluding hydrogens is 330 g/mol. The number of imidazole rings is 1. The van der Waals surface area contributed by atoms with Gasteiger partial charge in [-0.25, -0.2) is 4.98 Å². The molecule has 4 aromatic rings. The van der Waals surface area contributed by atoms with Crippen molar-refractivity contribution in [1.29, 1.82) is 0 Å². The molecule has 0 fully saturated rings. The number of hydrogen-bond donors (Lipinski definition) is 1. The maximum atomic E-state index is 6.38. The molecule has 1 heterocycles. The molecule has 2 N–H and O–H groups in total. The number of nitrogens with zero attached hydrogens (tertiary/aromatic N) is 2. The predicted molar refractivity (Wildman–Crippen MR) is 105 cm³/mol. The molecule has 25 heavy (non-hydrogen) atoms. The van der Waals surface area contributed by atoms with Gasteiger partial charge in [-0.1, -0.05) is 54.1 Å². The number of nitrogen functional groups attached to an aromatic ring is 1. The lowest BCUT2D eigenvalue weighted by molar-refractivity contribution is 0.834. The minimum absolute atomic E-state index is 0.656. The first-order chi connectivity index (χ1) is 12.1. The molecule has 4 heteroatoms. The minimum atomic E-state index is 0.656. The van der Waals surface area contributed by atoms with Crippen molar-refractivity contribution in [1.82, 2.24) is 9.55 Å². The highest BCUT2D eigenvalue weighted by Crippen LogP contribution is 2.29. The van der Waals surface area contributed by atoms with Crippen LogP contribution in [-0.4, -0.2) is 9.55 Å². The van der Waals surface area contributed by atoms with Crippen molar-refractivity contribution in [2.45, 2.75) is 13.5 Å². The number of aromatic nitrogens is 2. The van der Waals surface area contributed by atoms with E-state index in [0.717, 1.165) is 44.3 Å². The second kappa shape index (κ2) is 6.26. The first-order valence-electron chi connectivity index (χ1n) is 8.18. The van der Waals surface area contributed by atoms with Crippen LogP contribution in [0.2, 0.25) is 5.02 Å². The third kappa shape index (κ3) is 2.87. The van der Waals surface area contributed by atoms with E-state index in [9.17, 15) is 0 Å². The van der Waals surface area contributed by atoms with Gasteiger partial charge in [-0.15, -0.1) is 0 Å². The van der Waals surface area contributed by atoms with E-state index >= 15 is 0 Å². The zero-order chi connectivity index (χ0) is 17.4. The van der Waals surface area contributed by atoms with Crippen LogP contribution in [0.15, 0.2) is 66.7 Å². The number of hydrogen-bond acceptors (Lipinski definition) is 2. The molecule has 0 amide bonds. The van der Waals surface area contributed by atoms with Gasteiger partial charge in [-0.2, -0.15) is 0 Å². The van der Waals surface area contributed by atoms with E-state index in [2.05, 4.69) is 16.7 Å². The number of nitrogens with two attached hydrogens (primary N) is 1. The van der Waals surface area contributed by atoms with Crippen LogP contribution in [0.5, 0.6) is 0 Å². The minimum Gasteiger partial charge on any atom is -0.398 e. The fourth-order valence-electron chi connectivity index (χ4n) is 3.03. The maximum absolute atomic E-state index is 6.38. The molecule has 0 aliphatic heterocycles. The Balaban J connectivity index is 1.92. The summed E-state index contributed by atoms with van der Waals surface area (Å²) in [6, 6.07) is 22.1. The summed E-state index contributed by atoms with van der Waals surface area (Å²) in [5, 5.41) is 0.759. The Morgan fingerprint density at radius 3 is 2.56 bits per heavy atom. The van der Waals surface area contributed by atoms with E-state index in [0.29, 0.717) is 6.54 Å². The second-order valence-corrected chi connectivity index (χ2v) is 6.58. The van der Waals surface area contributed by atoms with Gasteiger partial charge in [0.05, 0.1) is 17.6 Å². The molecule has 0 saturated carbocycles. The van der Waals surface area contributed by atoms with E-state index < -0.39 is 0 Å². The molecular formula is C21H18ClN3. The highest BCUT2D eigenvalue weighted by atomic mass is 35.5. The lowest BCUT2D eigenvalue weighted by atomic mass is 10.1. The summed E-state index contributed by atoms with van der Waals surface area (Å²) in [6.45, 7) is 2.66. The molecule has 0 aliphatic rings. The van der Waals surface area contributed by atoms with E-state index in [-0.39, 0.29) is 0 Å². The van der Waals surface area contributed by atoms with Crippen LogP contribution in [0.4, 0.5) is 5.69 Å². The smallest absolute Gasteiger partial charge is 0.141 e. The topological polar surface area (TPSA) is 43.8 Å². The highest BCUT2D eigenvalue weighted by Gasteiger charge is 2.14. The van der Waals surface area contributed by atoms with Crippen LogP contribution in [0, 0.1) is 6.92 Å². The molecule has 0 radical (unpaired) electrons. The molecule has 0 saturated heterocycles. The zero-order valence-corrected chi connectivity index (χ0v) is 14.7. The van der Waals surface area contributed by atoms with Gasteiger partial charge in [0.1, 0.15) is 5.82 Å². The van der Waals surface area contributed by atoms with Crippen molar-refractivity contribution in [2.75, 3.05) is 5.73 Å². The Kier molecular flexibility index (Phi) is 3.94. The third-order valence-electron chi connectivity index (χ3n) is 4.48. The number of benzene rings is 3. The van der Waals surface area contributed by atoms with Gasteiger partial charge in [0.15, 0.2) is 0 Å². The van der Waals surface area contributed by atoms with Crippen LogP contribution in [0.25, 0.3) is 22.4 Å². The van der Waals surface area contributed by atoms with Crippen LogP contribution < -0.4 is 5.73 Å². The van der Waals surface area contributed by atoms with Crippen molar-refractivity contribution < 1.29 is 0 Å². The van der Waals surface area contributed by atoms with Gasteiger partial charge < -0.3 is 10.3 Å². The Hall–Kier alpha value is -2.78. The van der Waals surface area contributed by atoms with Gasteiger partial charge in [-0.3, -0.25) is 0 Å². The van der Waals surface area contributed by atoms with Crippen molar-refractivity contribution in [3.05, 3.63) is 82.9 Å². The summed E-state index contributed by atoms with van der Waals surface area (Å²) >= 11 is 6.38. The Morgan fingerprint density at radius 1 is 1.00 bits per heavy atom. The Labute approximate surface area is 151 Å². The lowest BCUT2D eigenvalue weighted by Crippen LogP contribution is -2.03. The SMILES string of the molecule is Cc1ccc(-c2nc3ccccc3n2Cc2ccccc2Cl)cc1N. The van der Waals surface area contributed by atoms with Gasteiger partial charge in [0.25, 0.3) is 0 Å². The van der Waals surface area contributed by atoms with E-state index in [4.69, 9.17) is 22.3 Å². The van der Waals surface area contributed by atoms with Crippen LogP contribution in [0.1, 0.15) is 11.1 Å². The van der Waals surface area contributed by atoms with Crippen molar-refractivity contribution in [2.24, 2.45) is 0 Å². The molecule has 3 nitrogen and oxygen atoms in total. The Morgan fingerprint density at radius 2 is 1.76 bits per heavy atom. The summed E-state index contributed by atoms with van der Waals surface area (Å²) < 4.78 is 2.20. The van der Waals surface area contributed by atoms with Crippen molar-refractivity contribution >= 4 is 28.3 Å². The number of anilines is 1. The average molecular weight is 348 g/mol. The summed E-state index contributed by atoms with van der Waals surface area (Å²) in [7, 11) is 0. The standard InChI is InChI=1S/C21H18ClN3/c1-14-10-11-15(12-18(14)23)21-24-19-8-4-5-9-20(19)25(21)13-16-6-2-3-7-17(16)22/h2-12H,13,23H2,1H3. The second-order valence-electron chi connectivity index (χ2n) is 6.17. The largest absolute Gasteiger partial charge is 0.398 e. The molecule has 0 bridgehead atoms. The number of fused-ring (bicyclic) bond motifs is 1. The molecule has 3 aromatic carbocycles. The number of para-hydroxylation sites is 2. The maximum Gasteiger partial charge on any atom is 0.141 e. The van der Waals surface area contributed by atoms with Crippen LogP contribution in [-0.2, 0) is 6.54 Å². The molecule has 0 aliphatic carbocycles. The fraction of sp³-hybridized carbons (Fsp3) is 0.0952. The monoisotopic (exact) mass is 347 g/mol. The highest BCUT2D eigenvalue weighted by molar-refractivity contribution is 6.31. The molecule has 0 unspecified atom stereocenters. The summed E-state index contributed by atoms with van der Waals surface area (Å²) in [4.78, 5) is 4.84. The number of rotatable bonds is 3. The van der Waals surface area contributed by atoms with Gasteiger partial charge >= 0.3 is 0 Å². The van der Waals surface area contributed by atoms with E-state index in [1.54, 1.807) is 0 Å². The summed E-state index contributed by atoms with van der Waals surface area (Å²) in [5.41, 5.74) is 12.1. The molecule has 4 rings (SSSR count). The molecule has 124 valence electrons. The van der Waals surface area contributed by atoms with Crippen molar-refractivity contribution in [3.8, 4) is 11.4 Å². The van der Waals surface area contributed by atoms with E-state index in [1.165, 1.54) is 0 Å². The van der Waals surface area contributed by atoms with Gasteiger partial charge in [0.2, 0.25) is 0 Å². The normalized spacial score (nSPS) is 11.1. The lowest BCUT2D eigenvalue weighted by Gasteiger charge is -2.12. The summed E-state index contributed by atoms with van der Waals surface area (Å²) in [5.74, 6) is 0.896. The molecule has 0 spiro atoms. The molecule has 0 atom stereocenters. The third-order valence-corrected chi connectivity index (χ3v) is 4.85. The van der Waals surface area contributed by atoms with Crippen LogP contribution >= 0.6 is 11.6 Å². The number of aryl methyl sites for hydroxylation is 1. The average Bonchev–Trinajstić information content (AvgIpc) is 2.98. The van der Waals surface area contributed by atoms with Crippen LogP contribution in [0.3, 0.4) is 0 Å². The van der Waals surface area contributed by atoms with Gasteiger partial charge in [-0.05, 0) is 42.3 Å². The first-order valence-corrected chi connectivity index (χ1v) is 8.56. The fourth-order valence-corrected chi connectivity index (χ4v) is 3.23. The number of halogens is 1. The first kappa shape index (κ1) is 15.7. The Bertz CT molecular complexity index is 1070.